The summed E-state index contributed by atoms with van der Waals surface area (Å²) in [5.41, 5.74) is 1.97. The van der Waals surface area contributed by atoms with Crippen molar-refractivity contribution in [3.63, 3.8) is 0 Å². The standard InChI is InChI=1S/C13H12BrClN2O/c1-3-9-12(15)16-7-17-13(9)18-11-5-4-8(2)6-10(11)14/h4-7H,3H2,1-2H3. The smallest absolute Gasteiger partial charge is 0.227 e. The van der Waals surface area contributed by atoms with Crippen molar-refractivity contribution in [3.05, 3.63) is 45.3 Å². The highest BCUT2D eigenvalue weighted by Crippen LogP contribution is 2.32. The maximum atomic E-state index is 6.02. The molecule has 0 aliphatic carbocycles. The second kappa shape index (κ2) is 5.67. The number of aryl methyl sites for hydroxylation is 1. The van der Waals surface area contributed by atoms with Gasteiger partial charge in [0.25, 0.3) is 0 Å². The molecule has 2 aromatic rings. The van der Waals surface area contributed by atoms with Crippen LogP contribution in [0.1, 0.15) is 18.1 Å². The third-order valence-corrected chi connectivity index (χ3v) is 3.45. The lowest BCUT2D eigenvalue weighted by molar-refractivity contribution is 0.452. The zero-order chi connectivity index (χ0) is 13.1. The van der Waals surface area contributed by atoms with Crippen molar-refractivity contribution in [2.75, 3.05) is 0 Å². The molecule has 0 spiro atoms. The summed E-state index contributed by atoms with van der Waals surface area (Å²) < 4.78 is 6.67. The number of hydrogen-bond donors (Lipinski definition) is 0. The third kappa shape index (κ3) is 2.82. The molecule has 1 aromatic carbocycles. The van der Waals surface area contributed by atoms with E-state index >= 15 is 0 Å². The normalized spacial score (nSPS) is 10.4. The monoisotopic (exact) mass is 326 g/mol. The zero-order valence-corrected chi connectivity index (χ0v) is 12.4. The Labute approximate surface area is 119 Å². The molecular weight excluding hydrogens is 316 g/mol. The van der Waals surface area contributed by atoms with Gasteiger partial charge in [-0.05, 0) is 47.0 Å². The molecule has 0 saturated carbocycles. The van der Waals surface area contributed by atoms with Gasteiger partial charge in [-0.25, -0.2) is 9.97 Å². The van der Waals surface area contributed by atoms with Gasteiger partial charge in [-0.15, -0.1) is 0 Å². The molecule has 3 nitrogen and oxygen atoms in total. The summed E-state index contributed by atoms with van der Waals surface area (Å²) in [6.45, 7) is 4.01. The van der Waals surface area contributed by atoms with Crippen LogP contribution in [-0.2, 0) is 6.42 Å². The number of rotatable bonds is 3. The Bertz CT molecular complexity index is 575. The Hall–Kier alpha value is -1.13. The van der Waals surface area contributed by atoms with Gasteiger partial charge in [0.05, 0.1) is 10.0 Å². The molecule has 5 heteroatoms. The van der Waals surface area contributed by atoms with Gasteiger partial charge in [0, 0.05) is 0 Å². The van der Waals surface area contributed by atoms with Crippen molar-refractivity contribution in [1.82, 2.24) is 9.97 Å². The van der Waals surface area contributed by atoms with E-state index in [1.807, 2.05) is 32.0 Å². The predicted octanol–water partition coefficient (Wildman–Crippen LogP) is 4.56. The molecule has 1 aromatic heterocycles. The van der Waals surface area contributed by atoms with Gasteiger partial charge < -0.3 is 4.74 Å². The fourth-order valence-corrected chi connectivity index (χ4v) is 2.39. The quantitative estimate of drug-likeness (QED) is 0.775. The maximum absolute atomic E-state index is 6.02. The third-order valence-electron chi connectivity index (χ3n) is 2.50. The van der Waals surface area contributed by atoms with Crippen molar-refractivity contribution in [1.29, 1.82) is 0 Å². The highest BCUT2D eigenvalue weighted by molar-refractivity contribution is 9.10. The Morgan fingerprint density at radius 3 is 2.78 bits per heavy atom. The average Bonchev–Trinajstić information content (AvgIpc) is 2.33. The Balaban J connectivity index is 2.37. The van der Waals surface area contributed by atoms with Crippen LogP contribution in [0.25, 0.3) is 0 Å². The minimum absolute atomic E-state index is 0.436. The van der Waals surface area contributed by atoms with Crippen LogP contribution >= 0.6 is 27.5 Å². The average molecular weight is 328 g/mol. The van der Waals surface area contributed by atoms with Crippen molar-refractivity contribution in [2.45, 2.75) is 20.3 Å². The van der Waals surface area contributed by atoms with E-state index in [-0.39, 0.29) is 0 Å². The first-order chi connectivity index (χ1) is 8.61. The molecule has 18 heavy (non-hydrogen) atoms. The van der Waals surface area contributed by atoms with E-state index in [9.17, 15) is 0 Å². The molecule has 0 N–H and O–H groups in total. The number of nitrogens with zero attached hydrogens (tertiary/aromatic N) is 2. The highest BCUT2D eigenvalue weighted by atomic mass is 79.9. The number of aromatic nitrogens is 2. The van der Waals surface area contributed by atoms with Gasteiger partial charge >= 0.3 is 0 Å². The second-order valence-electron chi connectivity index (χ2n) is 3.84. The van der Waals surface area contributed by atoms with E-state index in [1.165, 1.54) is 6.33 Å². The largest absolute Gasteiger partial charge is 0.437 e. The molecule has 0 bridgehead atoms. The molecule has 0 saturated heterocycles. The Morgan fingerprint density at radius 1 is 1.33 bits per heavy atom. The molecule has 0 aliphatic heterocycles. The van der Waals surface area contributed by atoms with E-state index in [2.05, 4.69) is 25.9 Å². The molecule has 0 amide bonds. The molecule has 0 fully saturated rings. The molecule has 2 rings (SSSR count). The van der Waals surface area contributed by atoms with Crippen molar-refractivity contribution < 1.29 is 4.74 Å². The Morgan fingerprint density at radius 2 is 2.11 bits per heavy atom. The number of halogens is 2. The van der Waals surface area contributed by atoms with Crippen molar-refractivity contribution in [3.8, 4) is 11.6 Å². The molecular formula is C13H12BrClN2O. The van der Waals surface area contributed by atoms with Crippen LogP contribution in [0.15, 0.2) is 29.0 Å². The molecule has 0 unspecified atom stereocenters. The number of benzene rings is 1. The van der Waals surface area contributed by atoms with Crippen molar-refractivity contribution >= 4 is 27.5 Å². The molecule has 0 atom stereocenters. The first-order valence-corrected chi connectivity index (χ1v) is 6.72. The molecule has 1 heterocycles. The number of hydrogen-bond acceptors (Lipinski definition) is 3. The molecule has 0 aliphatic rings. The lowest BCUT2D eigenvalue weighted by atomic mass is 10.2. The van der Waals surface area contributed by atoms with Crippen LogP contribution in [-0.4, -0.2) is 9.97 Å². The lowest BCUT2D eigenvalue weighted by Crippen LogP contribution is -1.97. The van der Waals surface area contributed by atoms with E-state index in [4.69, 9.17) is 16.3 Å². The summed E-state index contributed by atoms with van der Waals surface area (Å²) in [6.07, 6.45) is 2.12. The first-order valence-electron chi connectivity index (χ1n) is 5.55. The summed E-state index contributed by atoms with van der Waals surface area (Å²) in [4.78, 5) is 8.08. The van der Waals surface area contributed by atoms with Gasteiger partial charge in [0.2, 0.25) is 5.88 Å². The minimum Gasteiger partial charge on any atom is -0.437 e. The summed E-state index contributed by atoms with van der Waals surface area (Å²) in [5.74, 6) is 1.21. The second-order valence-corrected chi connectivity index (χ2v) is 5.05. The van der Waals surface area contributed by atoms with Crippen LogP contribution in [0.2, 0.25) is 5.15 Å². The first kappa shape index (κ1) is 13.3. The van der Waals surface area contributed by atoms with Gasteiger partial charge in [0.1, 0.15) is 17.2 Å². The lowest BCUT2D eigenvalue weighted by Gasteiger charge is -2.11. The minimum atomic E-state index is 0.436. The van der Waals surface area contributed by atoms with Crippen LogP contribution < -0.4 is 4.74 Å². The van der Waals surface area contributed by atoms with E-state index < -0.39 is 0 Å². The van der Waals surface area contributed by atoms with Crippen molar-refractivity contribution in [2.24, 2.45) is 0 Å². The molecule has 94 valence electrons. The Kier molecular flexibility index (Phi) is 4.19. The van der Waals surface area contributed by atoms with Crippen LogP contribution in [0.5, 0.6) is 11.6 Å². The van der Waals surface area contributed by atoms with Crippen LogP contribution in [0, 0.1) is 6.92 Å². The van der Waals surface area contributed by atoms with Crippen LogP contribution in [0.3, 0.4) is 0 Å². The van der Waals surface area contributed by atoms with Crippen LogP contribution in [0.4, 0.5) is 0 Å². The topological polar surface area (TPSA) is 35.0 Å². The maximum Gasteiger partial charge on any atom is 0.227 e. The predicted molar refractivity (Wildman–Crippen MR) is 75.4 cm³/mol. The SMILES string of the molecule is CCc1c(Cl)ncnc1Oc1ccc(C)cc1Br. The van der Waals surface area contributed by atoms with E-state index in [0.717, 1.165) is 22.0 Å². The fraction of sp³-hybridized carbons (Fsp3) is 0.231. The summed E-state index contributed by atoms with van der Waals surface area (Å²) in [7, 11) is 0. The summed E-state index contributed by atoms with van der Waals surface area (Å²) >= 11 is 9.49. The fourth-order valence-electron chi connectivity index (χ4n) is 1.55. The van der Waals surface area contributed by atoms with E-state index in [0.29, 0.717) is 16.8 Å². The zero-order valence-electron chi connectivity index (χ0n) is 10.1. The highest BCUT2D eigenvalue weighted by Gasteiger charge is 2.11. The number of ether oxygens (including phenoxy) is 1. The summed E-state index contributed by atoms with van der Waals surface area (Å²) in [6, 6.07) is 5.87. The van der Waals surface area contributed by atoms with Gasteiger partial charge in [-0.2, -0.15) is 0 Å². The van der Waals surface area contributed by atoms with Gasteiger partial charge in [0.15, 0.2) is 0 Å². The van der Waals surface area contributed by atoms with E-state index in [1.54, 1.807) is 0 Å². The molecule has 0 radical (unpaired) electrons. The summed E-state index contributed by atoms with van der Waals surface area (Å²) in [5, 5.41) is 0.436. The van der Waals surface area contributed by atoms with Gasteiger partial charge in [-0.1, -0.05) is 24.6 Å². The van der Waals surface area contributed by atoms with Gasteiger partial charge in [-0.3, -0.25) is 0 Å².